The molecule has 6 nitrogen and oxygen atoms in total. The van der Waals surface area contributed by atoms with Gasteiger partial charge in [0.15, 0.2) is 0 Å². The Morgan fingerprint density at radius 3 is 2.27 bits per heavy atom. The van der Waals surface area contributed by atoms with Crippen LogP contribution in [-0.4, -0.2) is 42.0 Å². The fraction of sp³-hybridized carbons (Fsp3) is 0.185. The number of aromatic nitrogens is 2. The molecular weight excluding hydrogens is 412 g/mol. The second-order valence-electron chi connectivity index (χ2n) is 8.14. The van der Waals surface area contributed by atoms with E-state index >= 15 is 0 Å². The molecule has 3 aromatic carbocycles. The van der Waals surface area contributed by atoms with E-state index in [-0.39, 0.29) is 5.91 Å². The number of aryl methyl sites for hydroxylation is 1. The van der Waals surface area contributed by atoms with Crippen LogP contribution in [0.1, 0.15) is 15.9 Å². The summed E-state index contributed by atoms with van der Waals surface area (Å²) >= 11 is 0. The number of ether oxygens (including phenoxy) is 1. The van der Waals surface area contributed by atoms with Crippen LogP contribution in [0, 0.1) is 6.92 Å². The second-order valence-corrected chi connectivity index (χ2v) is 8.14. The lowest BCUT2D eigenvalue weighted by molar-refractivity contribution is 0.102. The maximum Gasteiger partial charge on any atom is 0.259 e. The van der Waals surface area contributed by atoms with Crippen molar-refractivity contribution in [3.8, 4) is 16.9 Å². The topological polar surface area (TPSA) is 59.4 Å². The number of hydrogen-bond acceptors (Lipinski definition) is 4. The Labute approximate surface area is 193 Å². The van der Waals surface area contributed by atoms with Crippen LogP contribution in [0.15, 0.2) is 85.1 Å². The van der Waals surface area contributed by atoms with Gasteiger partial charge >= 0.3 is 0 Å². The molecule has 1 N–H and O–H groups in total. The van der Waals surface area contributed by atoms with Crippen molar-refractivity contribution in [2.24, 2.45) is 0 Å². The predicted octanol–water partition coefficient (Wildman–Crippen LogP) is 4.94. The van der Waals surface area contributed by atoms with E-state index in [2.05, 4.69) is 10.2 Å². The fourth-order valence-corrected chi connectivity index (χ4v) is 3.95. The van der Waals surface area contributed by atoms with Gasteiger partial charge in [-0.25, -0.2) is 4.68 Å². The van der Waals surface area contributed by atoms with E-state index in [4.69, 9.17) is 9.84 Å². The number of anilines is 2. The smallest absolute Gasteiger partial charge is 0.259 e. The maximum atomic E-state index is 13.3. The van der Waals surface area contributed by atoms with Crippen molar-refractivity contribution >= 4 is 17.3 Å². The SMILES string of the molecule is Cc1ccc(-c2nn(-c3ccccc3)cc2C(=O)Nc2ccc(N3CCOCC3)cc2)cc1. The van der Waals surface area contributed by atoms with Crippen LogP contribution >= 0.6 is 0 Å². The first-order valence-corrected chi connectivity index (χ1v) is 11.1. The van der Waals surface area contributed by atoms with Crippen LogP contribution in [0.4, 0.5) is 11.4 Å². The number of morpholine rings is 1. The summed E-state index contributed by atoms with van der Waals surface area (Å²) in [7, 11) is 0. The zero-order valence-corrected chi connectivity index (χ0v) is 18.6. The third-order valence-electron chi connectivity index (χ3n) is 5.81. The molecule has 166 valence electrons. The molecule has 5 rings (SSSR count). The molecular formula is C27H26N4O2. The minimum absolute atomic E-state index is 0.188. The standard InChI is InChI=1S/C27H26N4O2/c1-20-7-9-21(10-8-20)26-25(19-31(29-26)24-5-3-2-4-6-24)27(32)28-22-11-13-23(14-12-22)30-15-17-33-18-16-30/h2-14,19H,15-18H2,1H3,(H,28,32). The van der Waals surface area contributed by atoms with Crippen molar-refractivity contribution in [2.75, 3.05) is 36.5 Å². The van der Waals surface area contributed by atoms with Crippen molar-refractivity contribution in [3.05, 3.63) is 96.2 Å². The first kappa shape index (κ1) is 21.0. The molecule has 1 aliphatic rings. The molecule has 1 amide bonds. The Kier molecular flexibility index (Phi) is 5.91. The lowest BCUT2D eigenvalue weighted by atomic mass is 10.1. The van der Waals surface area contributed by atoms with E-state index in [1.807, 2.05) is 85.8 Å². The summed E-state index contributed by atoms with van der Waals surface area (Å²) in [5.41, 5.74) is 6.03. The molecule has 6 heteroatoms. The van der Waals surface area contributed by atoms with Gasteiger partial charge in [-0.1, -0.05) is 48.0 Å². The average Bonchev–Trinajstić information content (AvgIpc) is 3.32. The van der Waals surface area contributed by atoms with Gasteiger partial charge in [0.05, 0.1) is 24.5 Å². The van der Waals surface area contributed by atoms with Gasteiger partial charge in [0.1, 0.15) is 5.69 Å². The Hall–Kier alpha value is -3.90. The number of benzene rings is 3. The predicted molar refractivity (Wildman–Crippen MR) is 131 cm³/mol. The van der Waals surface area contributed by atoms with Gasteiger partial charge in [0, 0.05) is 36.2 Å². The van der Waals surface area contributed by atoms with Gasteiger partial charge in [-0.3, -0.25) is 4.79 Å². The van der Waals surface area contributed by atoms with Gasteiger partial charge in [0.25, 0.3) is 5.91 Å². The van der Waals surface area contributed by atoms with E-state index in [9.17, 15) is 4.79 Å². The lowest BCUT2D eigenvalue weighted by Crippen LogP contribution is -2.36. The zero-order chi connectivity index (χ0) is 22.6. The van der Waals surface area contributed by atoms with Gasteiger partial charge in [0.2, 0.25) is 0 Å². The molecule has 1 aromatic heterocycles. The molecule has 33 heavy (non-hydrogen) atoms. The maximum absolute atomic E-state index is 13.3. The summed E-state index contributed by atoms with van der Waals surface area (Å²) in [6.07, 6.45) is 1.79. The van der Waals surface area contributed by atoms with Crippen molar-refractivity contribution in [3.63, 3.8) is 0 Å². The Morgan fingerprint density at radius 1 is 0.879 bits per heavy atom. The molecule has 0 aliphatic carbocycles. The monoisotopic (exact) mass is 438 g/mol. The lowest BCUT2D eigenvalue weighted by Gasteiger charge is -2.28. The number of carbonyl (C=O) groups excluding carboxylic acids is 1. The summed E-state index contributed by atoms with van der Waals surface area (Å²) in [6.45, 7) is 5.28. The molecule has 1 aliphatic heterocycles. The molecule has 2 heterocycles. The molecule has 1 saturated heterocycles. The van der Waals surface area contributed by atoms with Crippen LogP contribution in [0.2, 0.25) is 0 Å². The number of hydrogen-bond donors (Lipinski definition) is 1. The summed E-state index contributed by atoms with van der Waals surface area (Å²) < 4.78 is 7.18. The van der Waals surface area contributed by atoms with Crippen molar-refractivity contribution < 1.29 is 9.53 Å². The summed E-state index contributed by atoms with van der Waals surface area (Å²) in [6, 6.07) is 25.8. The molecule has 0 saturated carbocycles. The number of nitrogens with one attached hydrogen (secondary N) is 1. The van der Waals surface area contributed by atoms with Crippen LogP contribution in [0.3, 0.4) is 0 Å². The molecule has 0 unspecified atom stereocenters. The van der Waals surface area contributed by atoms with E-state index in [1.165, 1.54) is 0 Å². The summed E-state index contributed by atoms with van der Waals surface area (Å²) in [5.74, 6) is -0.188. The third kappa shape index (κ3) is 4.66. The highest BCUT2D eigenvalue weighted by Gasteiger charge is 2.19. The summed E-state index contributed by atoms with van der Waals surface area (Å²) in [4.78, 5) is 15.6. The number of rotatable bonds is 5. The van der Waals surface area contributed by atoms with E-state index in [1.54, 1.807) is 10.9 Å². The van der Waals surface area contributed by atoms with Crippen molar-refractivity contribution in [1.29, 1.82) is 0 Å². The Balaban J connectivity index is 1.42. The van der Waals surface area contributed by atoms with Crippen LogP contribution in [0.5, 0.6) is 0 Å². The second kappa shape index (κ2) is 9.30. The summed E-state index contributed by atoms with van der Waals surface area (Å²) in [5, 5.41) is 7.79. The third-order valence-corrected chi connectivity index (χ3v) is 5.81. The van der Waals surface area contributed by atoms with E-state index < -0.39 is 0 Å². The Morgan fingerprint density at radius 2 is 1.58 bits per heavy atom. The van der Waals surface area contributed by atoms with Crippen molar-refractivity contribution in [1.82, 2.24) is 9.78 Å². The molecule has 0 spiro atoms. The number of carbonyl (C=O) groups is 1. The highest BCUT2D eigenvalue weighted by Crippen LogP contribution is 2.26. The average molecular weight is 439 g/mol. The normalized spacial score (nSPS) is 13.7. The highest BCUT2D eigenvalue weighted by molar-refractivity contribution is 6.08. The zero-order valence-electron chi connectivity index (χ0n) is 18.6. The molecule has 0 bridgehead atoms. The molecule has 4 aromatic rings. The Bertz CT molecular complexity index is 1230. The first-order chi connectivity index (χ1) is 16.2. The molecule has 0 radical (unpaired) electrons. The minimum Gasteiger partial charge on any atom is -0.378 e. The molecule has 0 atom stereocenters. The largest absolute Gasteiger partial charge is 0.378 e. The van der Waals surface area contributed by atoms with Gasteiger partial charge in [-0.05, 0) is 43.3 Å². The van der Waals surface area contributed by atoms with Crippen molar-refractivity contribution in [2.45, 2.75) is 6.92 Å². The van der Waals surface area contributed by atoms with Gasteiger partial charge in [-0.15, -0.1) is 0 Å². The van der Waals surface area contributed by atoms with Gasteiger partial charge < -0.3 is 15.0 Å². The van der Waals surface area contributed by atoms with E-state index in [0.717, 1.165) is 54.5 Å². The first-order valence-electron chi connectivity index (χ1n) is 11.1. The minimum atomic E-state index is -0.188. The van der Waals surface area contributed by atoms with Gasteiger partial charge in [-0.2, -0.15) is 5.10 Å². The fourth-order valence-electron chi connectivity index (χ4n) is 3.95. The van der Waals surface area contributed by atoms with Crippen LogP contribution in [-0.2, 0) is 4.74 Å². The highest BCUT2D eigenvalue weighted by atomic mass is 16.5. The van der Waals surface area contributed by atoms with E-state index in [0.29, 0.717) is 11.3 Å². The van der Waals surface area contributed by atoms with Crippen LogP contribution < -0.4 is 10.2 Å². The number of para-hydroxylation sites is 1. The number of nitrogens with zero attached hydrogens (tertiary/aromatic N) is 3. The van der Waals surface area contributed by atoms with Crippen LogP contribution in [0.25, 0.3) is 16.9 Å². The number of amides is 1. The quantitative estimate of drug-likeness (QED) is 0.480. The molecule has 1 fully saturated rings.